The highest BCUT2D eigenvalue weighted by atomic mass is 32.2. The van der Waals surface area contributed by atoms with E-state index in [-0.39, 0.29) is 5.75 Å². The summed E-state index contributed by atoms with van der Waals surface area (Å²) in [4.78, 5) is 10.2. The first-order valence-electron chi connectivity index (χ1n) is 4.08. The van der Waals surface area contributed by atoms with Crippen LogP contribution in [0.4, 0.5) is 0 Å². The highest BCUT2D eigenvalue weighted by molar-refractivity contribution is 7.85. The van der Waals surface area contributed by atoms with Gasteiger partial charge in [0.1, 0.15) is 12.0 Å². The molecular formula is C8H15NO3S. The van der Waals surface area contributed by atoms with Gasteiger partial charge >= 0.3 is 0 Å². The minimum absolute atomic E-state index is 0.0832. The van der Waals surface area contributed by atoms with Crippen LogP contribution in [-0.2, 0) is 15.6 Å². The third-order valence-corrected chi connectivity index (χ3v) is 2.93. The van der Waals surface area contributed by atoms with E-state index < -0.39 is 22.8 Å². The number of carboxylic acid groups (broad SMARTS) is 1. The Hall–Kier alpha value is -0.680. The Morgan fingerprint density at radius 2 is 2.31 bits per heavy atom. The number of carboxylic acids is 1. The standard InChI is InChI=1S/C8H15NO3S/c1-2-3-4-5-13(12)6-7(9)8(10)11/h2-3,7H,4-6,9H2,1H3,(H,10,11)/b3-2+/t7-,13?/m0/s1. The van der Waals surface area contributed by atoms with Crippen molar-refractivity contribution in [3.8, 4) is 0 Å². The van der Waals surface area contributed by atoms with Crippen LogP contribution in [0.5, 0.6) is 0 Å². The highest BCUT2D eigenvalue weighted by Crippen LogP contribution is 1.91. The monoisotopic (exact) mass is 205 g/mol. The molecule has 0 aliphatic heterocycles. The topological polar surface area (TPSA) is 84.8 Å². The van der Waals surface area contributed by atoms with E-state index in [1.165, 1.54) is 0 Å². The predicted octanol–water partition coefficient (Wildman–Crippen LogP) is -1.94. The van der Waals surface area contributed by atoms with Gasteiger partial charge in [0.25, 0.3) is 0 Å². The van der Waals surface area contributed by atoms with Gasteiger partial charge in [-0.3, -0.25) is 4.21 Å². The minimum atomic E-state index is -1.24. The fourth-order valence-electron chi connectivity index (χ4n) is 0.742. The predicted molar refractivity (Wildman–Crippen MR) is 49.0 cm³/mol. The van der Waals surface area contributed by atoms with Gasteiger partial charge in [-0.2, -0.15) is 0 Å². The summed E-state index contributed by atoms with van der Waals surface area (Å²) in [5.41, 5.74) is 3.33. The second-order valence-electron chi connectivity index (χ2n) is 2.68. The summed E-state index contributed by atoms with van der Waals surface area (Å²) in [6, 6.07) is -0.869. The molecule has 13 heavy (non-hydrogen) atoms. The quantitative estimate of drug-likeness (QED) is 0.512. The normalized spacial score (nSPS) is 15.8. The number of rotatable bonds is 6. The molecule has 1 unspecified atom stereocenters. The molecule has 0 fully saturated rings. The first-order valence-corrected chi connectivity index (χ1v) is 5.56. The van der Waals surface area contributed by atoms with E-state index in [1.807, 2.05) is 19.1 Å². The Kier molecular flexibility index (Phi) is 6.44. The van der Waals surface area contributed by atoms with Crippen molar-refractivity contribution in [3.63, 3.8) is 0 Å². The smallest absolute Gasteiger partial charge is 0.136 e. The Labute approximate surface area is 80.3 Å². The largest absolute Gasteiger partial charge is 0.544 e. The zero-order chi connectivity index (χ0) is 10.3. The molecule has 4 nitrogen and oxygen atoms in total. The van der Waals surface area contributed by atoms with Gasteiger partial charge in [0.15, 0.2) is 0 Å². The van der Waals surface area contributed by atoms with Crippen LogP contribution in [0.2, 0.25) is 0 Å². The molecule has 3 N–H and O–H groups in total. The molecule has 0 aliphatic rings. The number of quaternary nitrogens is 1. The number of hydrogen-bond acceptors (Lipinski definition) is 3. The van der Waals surface area contributed by atoms with Gasteiger partial charge in [-0.25, -0.2) is 0 Å². The molecule has 0 aromatic carbocycles. The lowest BCUT2D eigenvalue weighted by atomic mass is 10.4. The summed E-state index contributed by atoms with van der Waals surface area (Å²) in [6.45, 7) is 1.88. The minimum Gasteiger partial charge on any atom is -0.544 e. The molecule has 0 spiro atoms. The Balaban J connectivity index is 3.68. The summed E-state index contributed by atoms with van der Waals surface area (Å²) in [5.74, 6) is -0.664. The lowest BCUT2D eigenvalue weighted by Crippen LogP contribution is -2.70. The van der Waals surface area contributed by atoms with Crippen LogP contribution in [0.25, 0.3) is 0 Å². The van der Waals surface area contributed by atoms with E-state index in [1.54, 1.807) is 0 Å². The van der Waals surface area contributed by atoms with Crippen LogP contribution in [0.15, 0.2) is 12.2 Å². The molecule has 0 aromatic rings. The average molecular weight is 205 g/mol. The number of aliphatic carboxylic acids is 1. The van der Waals surface area contributed by atoms with Crippen molar-refractivity contribution in [1.29, 1.82) is 0 Å². The first kappa shape index (κ1) is 12.3. The van der Waals surface area contributed by atoms with Crippen molar-refractivity contribution in [2.24, 2.45) is 0 Å². The van der Waals surface area contributed by atoms with Gasteiger partial charge < -0.3 is 15.6 Å². The van der Waals surface area contributed by atoms with Crippen LogP contribution in [0, 0.1) is 0 Å². The molecular weight excluding hydrogens is 190 g/mol. The maximum atomic E-state index is 11.2. The second kappa shape index (κ2) is 6.80. The molecule has 0 aromatic heterocycles. The van der Waals surface area contributed by atoms with Crippen molar-refractivity contribution in [2.75, 3.05) is 11.5 Å². The summed E-state index contributed by atoms with van der Waals surface area (Å²) in [6.07, 6.45) is 4.48. The van der Waals surface area contributed by atoms with Gasteiger partial charge in [-0.15, -0.1) is 0 Å². The van der Waals surface area contributed by atoms with E-state index in [0.717, 1.165) is 0 Å². The summed E-state index contributed by atoms with van der Waals surface area (Å²) in [5, 5.41) is 10.2. The average Bonchev–Trinajstić information content (AvgIpc) is 2.04. The number of carbonyl (C=O) groups excluding carboxylic acids is 1. The van der Waals surface area contributed by atoms with Crippen LogP contribution >= 0.6 is 0 Å². The lowest BCUT2D eigenvalue weighted by Gasteiger charge is -2.07. The fourth-order valence-corrected chi connectivity index (χ4v) is 1.89. The van der Waals surface area contributed by atoms with Crippen molar-refractivity contribution >= 4 is 16.8 Å². The van der Waals surface area contributed by atoms with Gasteiger partial charge in [-0.1, -0.05) is 12.2 Å². The SMILES string of the molecule is C/C=C/CCS(=O)C[C@H]([NH3+])C(=O)[O-]. The van der Waals surface area contributed by atoms with Crippen LogP contribution in [-0.4, -0.2) is 27.7 Å². The van der Waals surface area contributed by atoms with Crippen LogP contribution in [0.3, 0.4) is 0 Å². The zero-order valence-corrected chi connectivity index (χ0v) is 8.51. The van der Waals surface area contributed by atoms with E-state index in [9.17, 15) is 14.1 Å². The van der Waals surface area contributed by atoms with E-state index in [0.29, 0.717) is 12.2 Å². The fraction of sp³-hybridized carbons (Fsp3) is 0.625. The molecule has 5 heteroatoms. The van der Waals surface area contributed by atoms with Gasteiger partial charge in [0, 0.05) is 16.6 Å². The van der Waals surface area contributed by atoms with Gasteiger partial charge in [0.2, 0.25) is 0 Å². The molecule has 0 aliphatic carbocycles. The zero-order valence-electron chi connectivity index (χ0n) is 7.69. The van der Waals surface area contributed by atoms with Crippen molar-refractivity contribution in [2.45, 2.75) is 19.4 Å². The van der Waals surface area contributed by atoms with Crippen molar-refractivity contribution < 1.29 is 19.8 Å². The molecule has 0 saturated heterocycles. The molecule has 0 saturated carbocycles. The molecule has 0 amide bonds. The summed E-state index contributed by atoms with van der Waals surface area (Å²) in [7, 11) is -1.11. The van der Waals surface area contributed by atoms with E-state index in [4.69, 9.17) is 0 Å². The molecule has 0 rings (SSSR count). The maximum Gasteiger partial charge on any atom is 0.136 e. The molecule has 0 radical (unpaired) electrons. The Bertz CT molecular complexity index is 215. The molecule has 0 bridgehead atoms. The molecule has 2 atom stereocenters. The van der Waals surface area contributed by atoms with Crippen LogP contribution in [0.1, 0.15) is 13.3 Å². The highest BCUT2D eigenvalue weighted by Gasteiger charge is 2.11. The number of hydrogen-bond donors (Lipinski definition) is 1. The van der Waals surface area contributed by atoms with Crippen molar-refractivity contribution in [3.05, 3.63) is 12.2 Å². The summed E-state index contributed by atoms with van der Waals surface area (Å²) < 4.78 is 11.2. The van der Waals surface area contributed by atoms with Crippen LogP contribution < -0.4 is 10.8 Å². The van der Waals surface area contributed by atoms with Crippen molar-refractivity contribution in [1.82, 2.24) is 0 Å². The summed E-state index contributed by atoms with van der Waals surface area (Å²) >= 11 is 0. The molecule has 0 heterocycles. The Morgan fingerprint density at radius 1 is 1.69 bits per heavy atom. The third-order valence-electron chi connectivity index (χ3n) is 1.47. The van der Waals surface area contributed by atoms with E-state index in [2.05, 4.69) is 5.73 Å². The second-order valence-corrected chi connectivity index (χ2v) is 4.31. The van der Waals surface area contributed by atoms with Gasteiger partial charge in [0.05, 0.1) is 5.75 Å². The first-order chi connectivity index (χ1) is 6.07. The van der Waals surface area contributed by atoms with E-state index >= 15 is 0 Å². The van der Waals surface area contributed by atoms with Gasteiger partial charge in [-0.05, 0) is 13.3 Å². The molecule has 76 valence electrons. The lowest BCUT2D eigenvalue weighted by molar-refractivity contribution is -0.431. The third kappa shape index (κ3) is 6.48. The maximum absolute atomic E-state index is 11.2. The Morgan fingerprint density at radius 3 is 2.77 bits per heavy atom. The number of allylic oxidation sites excluding steroid dienone is 2. The number of carbonyl (C=O) groups is 1.